The van der Waals surface area contributed by atoms with Crippen LogP contribution in [0.5, 0.6) is 0 Å². The van der Waals surface area contributed by atoms with E-state index in [1.54, 1.807) is 0 Å². The Bertz CT molecular complexity index is 401. The van der Waals surface area contributed by atoms with Gasteiger partial charge < -0.3 is 15.4 Å². The minimum absolute atomic E-state index is 0.0531. The lowest BCUT2D eigenvalue weighted by molar-refractivity contribution is -0.126. The van der Waals surface area contributed by atoms with E-state index >= 15 is 0 Å². The Morgan fingerprint density at radius 3 is 1.92 bits per heavy atom. The predicted octanol–water partition coefficient (Wildman–Crippen LogP) is 3.27. The van der Waals surface area contributed by atoms with Crippen molar-refractivity contribution < 1.29 is 14.3 Å². The normalized spacial score (nSPS) is 12.6. The van der Waals surface area contributed by atoms with Crippen LogP contribution in [-0.4, -0.2) is 36.1 Å². The highest BCUT2D eigenvalue weighted by atomic mass is 16.5. The lowest BCUT2D eigenvalue weighted by Gasteiger charge is -2.33. The van der Waals surface area contributed by atoms with Gasteiger partial charge in [0, 0.05) is 19.4 Å². The van der Waals surface area contributed by atoms with Gasteiger partial charge in [-0.05, 0) is 46.0 Å². The van der Waals surface area contributed by atoms with Crippen LogP contribution in [-0.2, 0) is 14.3 Å². The SMILES string of the molecule is CC(C)CC(=O)NCCC(C)(C)OCC(C)(C)NC(=O)CC(C)C. The third-order valence-corrected chi connectivity index (χ3v) is 3.54. The van der Waals surface area contributed by atoms with Crippen molar-refractivity contribution in [2.45, 2.75) is 85.8 Å². The molecule has 0 unspecified atom stereocenters. The number of ether oxygens (including phenoxy) is 1. The van der Waals surface area contributed by atoms with Crippen molar-refractivity contribution in [3.63, 3.8) is 0 Å². The van der Waals surface area contributed by atoms with Gasteiger partial charge in [0.2, 0.25) is 11.8 Å². The monoisotopic (exact) mass is 342 g/mol. The highest BCUT2D eigenvalue weighted by Gasteiger charge is 2.26. The molecule has 5 heteroatoms. The maximum absolute atomic E-state index is 11.9. The molecule has 142 valence electrons. The van der Waals surface area contributed by atoms with Gasteiger partial charge in [0.05, 0.1) is 17.7 Å². The van der Waals surface area contributed by atoms with Crippen molar-refractivity contribution in [2.75, 3.05) is 13.2 Å². The van der Waals surface area contributed by atoms with E-state index in [2.05, 4.69) is 10.6 Å². The van der Waals surface area contributed by atoms with Gasteiger partial charge >= 0.3 is 0 Å². The molecule has 0 spiro atoms. The highest BCUT2D eigenvalue weighted by Crippen LogP contribution is 2.17. The van der Waals surface area contributed by atoms with Crippen LogP contribution in [0.25, 0.3) is 0 Å². The van der Waals surface area contributed by atoms with E-state index in [1.807, 2.05) is 55.4 Å². The molecule has 0 aliphatic carbocycles. The molecule has 0 atom stereocenters. The van der Waals surface area contributed by atoms with Crippen molar-refractivity contribution in [2.24, 2.45) is 11.8 Å². The smallest absolute Gasteiger partial charge is 0.220 e. The van der Waals surface area contributed by atoms with Gasteiger partial charge in [0.15, 0.2) is 0 Å². The Morgan fingerprint density at radius 2 is 1.42 bits per heavy atom. The lowest BCUT2D eigenvalue weighted by atomic mass is 10.0. The van der Waals surface area contributed by atoms with E-state index in [4.69, 9.17) is 4.74 Å². The van der Waals surface area contributed by atoms with Crippen molar-refractivity contribution in [3.05, 3.63) is 0 Å². The number of rotatable bonds is 11. The molecular weight excluding hydrogens is 304 g/mol. The minimum atomic E-state index is -0.413. The number of amides is 2. The first-order valence-electron chi connectivity index (χ1n) is 9.04. The Hall–Kier alpha value is -1.10. The summed E-state index contributed by atoms with van der Waals surface area (Å²) in [6.45, 7) is 17.1. The van der Waals surface area contributed by atoms with E-state index in [1.165, 1.54) is 0 Å². The van der Waals surface area contributed by atoms with Gasteiger partial charge in [-0.3, -0.25) is 9.59 Å². The fraction of sp³-hybridized carbons (Fsp3) is 0.895. The molecule has 24 heavy (non-hydrogen) atoms. The van der Waals surface area contributed by atoms with Crippen LogP contribution < -0.4 is 10.6 Å². The topological polar surface area (TPSA) is 67.4 Å². The molecule has 0 aromatic heterocycles. The molecule has 0 aromatic rings. The zero-order chi connectivity index (χ0) is 19.0. The molecule has 0 aliphatic rings. The largest absolute Gasteiger partial charge is 0.373 e. The van der Waals surface area contributed by atoms with E-state index < -0.39 is 5.54 Å². The van der Waals surface area contributed by atoms with Crippen LogP contribution >= 0.6 is 0 Å². The molecule has 5 nitrogen and oxygen atoms in total. The number of hydrogen-bond acceptors (Lipinski definition) is 3. The second-order valence-electron chi connectivity index (χ2n) is 8.78. The Balaban J connectivity index is 4.20. The molecule has 0 saturated carbocycles. The standard InChI is InChI=1S/C19H38N2O3/c1-14(2)11-16(22)20-10-9-19(7,8)24-13-18(5,6)21-17(23)12-15(3)4/h14-15H,9-13H2,1-8H3,(H,20,22)(H,21,23). The van der Waals surface area contributed by atoms with Crippen molar-refractivity contribution in [3.8, 4) is 0 Å². The van der Waals surface area contributed by atoms with Crippen LogP contribution in [0.4, 0.5) is 0 Å². The van der Waals surface area contributed by atoms with Crippen LogP contribution in [0.3, 0.4) is 0 Å². The Kier molecular flexibility index (Phi) is 9.56. The molecule has 0 saturated heterocycles. The van der Waals surface area contributed by atoms with Gasteiger partial charge in [-0.15, -0.1) is 0 Å². The first-order chi connectivity index (χ1) is 10.8. The van der Waals surface area contributed by atoms with Crippen molar-refractivity contribution in [1.29, 1.82) is 0 Å². The van der Waals surface area contributed by atoms with Gasteiger partial charge in [0.1, 0.15) is 0 Å². The number of carbonyl (C=O) groups excluding carboxylic acids is 2. The first kappa shape index (κ1) is 22.9. The summed E-state index contributed by atoms with van der Waals surface area (Å²) in [5.74, 6) is 0.844. The van der Waals surface area contributed by atoms with E-state index in [-0.39, 0.29) is 17.4 Å². The lowest BCUT2D eigenvalue weighted by Crippen LogP contribution is -2.49. The minimum Gasteiger partial charge on any atom is -0.373 e. The second kappa shape index (κ2) is 10.0. The third kappa shape index (κ3) is 12.3. The van der Waals surface area contributed by atoms with E-state index in [9.17, 15) is 9.59 Å². The van der Waals surface area contributed by atoms with Gasteiger partial charge in [-0.2, -0.15) is 0 Å². The Morgan fingerprint density at radius 1 is 0.917 bits per heavy atom. The molecule has 0 radical (unpaired) electrons. The van der Waals surface area contributed by atoms with Gasteiger partial charge in [-0.25, -0.2) is 0 Å². The first-order valence-corrected chi connectivity index (χ1v) is 9.04. The highest BCUT2D eigenvalue weighted by molar-refractivity contribution is 5.77. The summed E-state index contributed by atoms with van der Waals surface area (Å²) in [7, 11) is 0. The van der Waals surface area contributed by atoms with Crippen LogP contribution in [0, 0.1) is 11.8 Å². The zero-order valence-corrected chi connectivity index (χ0v) is 16.9. The average molecular weight is 343 g/mol. The molecule has 0 aromatic carbocycles. The third-order valence-electron chi connectivity index (χ3n) is 3.54. The van der Waals surface area contributed by atoms with E-state index in [0.717, 1.165) is 6.42 Å². The van der Waals surface area contributed by atoms with Gasteiger partial charge in [0.25, 0.3) is 0 Å². The molecule has 0 bridgehead atoms. The van der Waals surface area contributed by atoms with Crippen LogP contribution in [0.2, 0.25) is 0 Å². The van der Waals surface area contributed by atoms with Crippen LogP contribution in [0.1, 0.15) is 74.7 Å². The van der Waals surface area contributed by atoms with Crippen molar-refractivity contribution in [1.82, 2.24) is 10.6 Å². The molecule has 2 N–H and O–H groups in total. The molecular formula is C19H38N2O3. The fourth-order valence-corrected chi connectivity index (χ4v) is 2.23. The maximum Gasteiger partial charge on any atom is 0.220 e. The quantitative estimate of drug-likeness (QED) is 0.605. The average Bonchev–Trinajstić information content (AvgIpc) is 2.33. The molecule has 0 fully saturated rings. The van der Waals surface area contributed by atoms with Crippen molar-refractivity contribution >= 4 is 11.8 Å². The molecule has 0 aliphatic heterocycles. The predicted molar refractivity (Wildman–Crippen MR) is 98.8 cm³/mol. The van der Waals surface area contributed by atoms with Crippen LogP contribution in [0.15, 0.2) is 0 Å². The summed E-state index contributed by atoms with van der Waals surface area (Å²) in [4.78, 5) is 23.6. The summed E-state index contributed by atoms with van der Waals surface area (Å²) in [5, 5.41) is 5.95. The fourth-order valence-electron chi connectivity index (χ4n) is 2.23. The van der Waals surface area contributed by atoms with Gasteiger partial charge in [-0.1, -0.05) is 27.7 Å². The summed E-state index contributed by atoms with van der Waals surface area (Å²) >= 11 is 0. The molecule has 2 amide bonds. The number of hydrogen-bond donors (Lipinski definition) is 2. The maximum atomic E-state index is 11.9. The number of carbonyl (C=O) groups is 2. The summed E-state index contributed by atoms with van der Waals surface area (Å²) in [5.41, 5.74) is -0.769. The summed E-state index contributed by atoms with van der Waals surface area (Å²) in [6, 6.07) is 0. The molecule has 0 heterocycles. The zero-order valence-electron chi connectivity index (χ0n) is 16.9. The summed E-state index contributed by atoms with van der Waals surface area (Å²) in [6.07, 6.45) is 1.80. The Labute approximate surface area is 148 Å². The second-order valence-corrected chi connectivity index (χ2v) is 8.78. The summed E-state index contributed by atoms with van der Waals surface area (Å²) < 4.78 is 6.00. The number of nitrogens with one attached hydrogen (secondary N) is 2. The molecule has 0 rings (SSSR count). The van der Waals surface area contributed by atoms with E-state index in [0.29, 0.717) is 37.8 Å².